The maximum absolute atomic E-state index is 12.5. The van der Waals surface area contributed by atoms with Gasteiger partial charge in [0.2, 0.25) is 0 Å². The Balaban J connectivity index is 1.67. The van der Waals surface area contributed by atoms with E-state index in [1.165, 1.54) is 19.3 Å². The van der Waals surface area contributed by atoms with Crippen molar-refractivity contribution < 1.29 is 9.53 Å². The minimum Gasteiger partial charge on any atom is -0.457 e. The van der Waals surface area contributed by atoms with Crippen molar-refractivity contribution in [3.8, 4) is 11.5 Å². The third-order valence-electron chi connectivity index (χ3n) is 5.16. The lowest BCUT2D eigenvalue weighted by atomic mass is 9.99. The van der Waals surface area contributed by atoms with Gasteiger partial charge in [-0.1, -0.05) is 45.2 Å². The number of aryl methyl sites for hydroxylation is 1. The van der Waals surface area contributed by atoms with Crippen molar-refractivity contribution in [3.63, 3.8) is 0 Å². The number of H-pyrrole nitrogens is 1. The van der Waals surface area contributed by atoms with Crippen molar-refractivity contribution in [1.29, 1.82) is 0 Å². The van der Waals surface area contributed by atoms with Crippen LogP contribution in [0.15, 0.2) is 48.5 Å². The quantitative estimate of drug-likeness (QED) is 0.465. The van der Waals surface area contributed by atoms with Crippen LogP contribution in [0.1, 0.15) is 55.6 Å². The van der Waals surface area contributed by atoms with Gasteiger partial charge in [0.1, 0.15) is 17.2 Å². The number of unbranched alkanes of at least 4 members (excludes halogenated alkanes) is 1. The number of hydrogen-bond acceptors (Lipinski definition) is 2. The maximum Gasteiger partial charge on any atom is 0.267 e. The Morgan fingerprint density at radius 3 is 2.68 bits per heavy atom. The van der Waals surface area contributed by atoms with Crippen LogP contribution in [-0.2, 0) is 0 Å². The molecule has 28 heavy (non-hydrogen) atoms. The number of carbonyl (C=O) groups is 1. The number of aromatic nitrogens is 1. The number of benzene rings is 2. The molecular formula is C24H30N2O2. The molecule has 3 rings (SSSR count). The van der Waals surface area contributed by atoms with Crippen LogP contribution in [0.5, 0.6) is 11.5 Å². The Kier molecular flexibility index (Phi) is 6.75. The van der Waals surface area contributed by atoms with E-state index in [0.29, 0.717) is 11.6 Å². The minimum absolute atomic E-state index is 0.0488. The molecule has 0 radical (unpaired) electrons. The molecule has 148 valence electrons. The average molecular weight is 379 g/mol. The van der Waals surface area contributed by atoms with Crippen LogP contribution in [-0.4, -0.2) is 17.4 Å². The van der Waals surface area contributed by atoms with Crippen LogP contribution >= 0.6 is 0 Å². The van der Waals surface area contributed by atoms with Crippen molar-refractivity contribution >= 4 is 16.8 Å². The summed E-state index contributed by atoms with van der Waals surface area (Å²) in [7, 11) is 0. The lowest BCUT2D eigenvalue weighted by Crippen LogP contribution is -2.29. The number of nitrogens with one attached hydrogen (secondary N) is 2. The zero-order valence-electron chi connectivity index (χ0n) is 17.0. The van der Waals surface area contributed by atoms with E-state index in [9.17, 15) is 4.79 Å². The normalized spacial score (nSPS) is 12.1. The van der Waals surface area contributed by atoms with Gasteiger partial charge in [-0.2, -0.15) is 0 Å². The van der Waals surface area contributed by atoms with Crippen molar-refractivity contribution in [2.45, 2.75) is 46.5 Å². The summed E-state index contributed by atoms with van der Waals surface area (Å²) in [5, 5.41) is 4.05. The van der Waals surface area contributed by atoms with Crippen molar-refractivity contribution in [2.24, 2.45) is 5.92 Å². The molecular weight excluding hydrogens is 348 g/mol. The zero-order valence-corrected chi connectivity index (χ0v) is 17.0. The molecule has 1 unspecified atom stereocenters. The van der Waals surface area contributed by atoms with Gasteiger partial charge in [-0.25, -0.2) is 0 Å². The highest BCUT2D eigenvalue weighted by Gasteiger charge is 2.13. The molecule has 1 atom stereocenters. The molecule has 0 aliphatic heterocycles. The summed E-state index contributed by atoms with van der Waals surface area (Å²) in [6.45, 7) is 7.16. The van der Waals surface area contributed by atoms with Gasteiger partial charge in [-0.15, -0.1) is 0 Å². The summed E-state index contributed by atoms with van der Waals surface area (Å²) in [5.41, 5.74) is 2.68. The van der Waals surface area contributed by atoms with Crippen LogP contribution in [0.4, 0.5) is 0 Å². The van der Waals surface area contributed by atoms with E-state index in [1.807, 2.05) is 55.5 Å². The third kappa shape index (κ3) is 5.16. The first kappa shape index (κ1) is 20.0. The lowest BCUT2D eigenvalue weighted by molar-refractivity contribution is 0.0941. The second-order valence-electron chi connectivity index (χ2n) is 7.48. The molecule has 0 spiro atoms. The molecule has 0 saturated heterocycles. The highest BCUT2D eigenvalue weighted by atomic mass is 16.5. The molecule has 1 amide bonds. The summed E-state index contributed by atoms with van der Waals surface area (Å²) < 4.78 is 5.95. The third-order valence-corrected chi connectivity index (χ3v) is 5.16. The van der Waals surface area contributed by atoms with E-state index in [2.05, 4.69) is 24.1 Å². The van der Waals surface area contributed by atoms with E-state index in [4.69, 9.17) is 4.74 Å². The summed E-state index contributed by atoms with van der Waals surface area (Å²) in [4.78, 5) is 15.8. The largest absolute Gasteiger partial charge is 0.457 e. The number of amides is 1. The van der Waals surface area contributed by atoms with E-state index >= 15 is 0 Å². The van der Waals surface area contributed by atoms with Crippen LogP contribution in [0.2, 0.25) is 0 Å². The number of hydrogen-bond donors (Lipinski definition) is 2. The molecule has 0 bridgehead atoms. The van der Waals surface area contributed by atoms with Crippen LogP contribution in [0.25, 0.3) is 10.9 Å². The predicted octanol–water partition coefficient (Wildman–Crippen LogP) is 6.21. The first-order valence-corrected chi connectivity index (χ1v) is 10.2. The molecule has 0 fully saturated rings. The van der Waals surface area contributed by atoms with E-state index in [-0.39, 0.29) is 5.91 Å². The van der Waals surface area contributed by atoms with Gasteiger partial charge in [0.15, 0.2) is 0 Å². The Morgan fingerprint density at radius 2 is 1.93 bits per heavy atom. The molecule has 0 saturated carbocycles. The average Bonchev–Trinajstić information content (AvgIpc) is 3.11. The van der Waals surface area contributed by atoms with Crippen LogP contribution in [0, 0.1) is 12.8 Å². The smallest absolute Gasteiger partial charge is 0.267 e. The second kappa shape index (κ2) is 9.45. The fourth-order valence-electron chi connectivity index (χ4n) is 3.39. The molecule has 4 heteroatoms. The topological polar surface area (TPSA) is 54.1 Å². The maximum atomic E-state index is 12.5. The molecule has 3 aromatic rings. The summed E-state index contributed by atoms with van der Waals surface area (Å²) in [6.07, 6.45) is 4.66. The molecule has 2 aromatic carbocycles. The Morgan fingerprint density at radius 1 is 1.11 bits per heavy atom. The first-order chi connectivity index (χ1) is 13.6. The number of aromatic amines is 1. The Hall–Kier alpha value is -2.75. The summed E-state index contributed by atoms with van der Waals surface area (Å²) in [5.74, 6) is 2.06. The van der Waals surface area contributed by atoms with E-state index in [1.54, 1.807) is 0 Å². The highest BCUT2D eigenvalue weighted by molar-refractivity contribution is 5.98. The fraction of sp³-hybridized carbons (Fsp3) is 0.375. The number of rotatable bonds is 9. The van der Waals surface area contributed by atoms with Crippen molar-refractivity contribution in [3.05, 3.63) is 59.8 Å². The van der Waals surface area contributed by atoms with Gasteiger partial charge in [-0.3, -0.25) is 4.79 Å². The lowest BCUT2D eigenvalue weighted by Gasteiger charge is -2.14. The molecule has 0 aliphatic carbocycles. The Bertz CT molecular complexity index is 929. The predicted molar refractivity (Wildman–Crippen MR) is 115 cm³/mol. The van der Waals surface area contributed by atoms with Crippen LogP contribution < -0.4 is 10.1 Å². The molecule has 1 heterocycles. The second-order valence-corrected chi connectivity index (χ2v) is 7.48. The molecule has 0 aliphatic rings. The van der Waals surface area contributed by atoms with E-state index in [0.717, 1.165) is 40.9 Å². The fourth-order valence-corrected chi connectivity index (χ4v) is 3.39. The number of ether oxygens (including phenoxy) is 1. The van der Waals surface area contributed by atoms with Gasteiger partial charge < -0.3 is 15.0 Å². The molecule has 1 aromatic heterocycles. The number of carbonyl (C=O) groups excluding carboxylic acids is 1. The van der Waals surface area contributed by atoms with Gasteiger partial charge >= 0.3 is 0 Å². The number of fused-ring (bicyclic) bond motifs is 1. The van der Waals surface area contributed by atoms with Crippen LogP contribution in [0.3, 0.4) is 0 Å². The standard InChI is InChI=1S/C24H30N2O2/c1-4-6-9-18(5-2)16-25-24(27)23-15-19-14-21(11-12-22(19)26-23)28-20-10-7-8-17(3)13-20/h7-8,10-15,18,26H,4-6,9,16H2,1-3H3,(H,25,27). The molecule has 2 N–H and O–H groups in total. The van der Waals surface area contributed by atoms with E-state index < -0.39 is 0 Å². The van der Waals surface area contributed by atoms with Gasteiger partial charge in [-0.05, 0) is 61.2 Å². The summed E-state index contributed by atoms with van der Waals surface area (Å²) >= 11 is 0. The monoisotopic (exact) mass is 378 g/mol. The van der Waals surface area contributed by atoms with Crippen molar-refractivity contribution in [1.82, 2.24) is 10.3 Å². The van der Waals surface area contributed by atoms with Crippen molar-refractivity contribution in [2.75, 3.05) is 6.54 Å². The highest BCUT2D eigenvalue weighted by Crippen LogP contribution is 2.26. The zero-order chi connectivity index (χ0) is 19.9. The SMILES string of the molecule is CCCCC(CC)CNC(=O)c1cc2cc(Oc3cccc(C)c3)ccc2[nH]1. The van der Waals surface area contributed by atoms with Gasteiger partial charge in [0, 0.05) is 17.4 Å². The minimum atomic E-state index is -0.0488. The van der Waals surface area contributed by atoms with Gasteiger partial charge in [0.05, 0.1) is 0 Å². The first-order valence-electron chi connectivity index (χ1n) is 10.2. The Labute approximate surface area is 167 Å². The van der Waals surface area contributed by atoms with Gasteiger partial charge in [0.25, 0.3) is 5.91 Å². The molecule has 4 nitrogen and oxygen atoms in total. The summed E-state index contributed by atoms with van der Waals surface area (Å²) in [6, 6.07) is 15.7.